The number of benzene rings is 1. The van der Waals surface area contributed by atoms with Gasteiger partial charge in [0.05, 0.1) is 0 Å². The molecule has 2 aromatic rings. The van der Waals surface area contributed by atoms with E-state index in [1.807, 2.05) is 24.3 Å². The zero-order chi connectivity index (χ0) is 21.1. The van der Waals surface area contributed by atoms with Gasteiger partial charge >= 0.3 is 5.69 Å². The quantitative estimate of drug-likeness (QED) is 0.476. The minimum atomic E-state index is -0.619. The fraction of sp³-hybridized carbons (Fsp3) is 0.500. The number of rotatable bonds is 12. The van der Waals surface area contributed by atoms with E-state index in [9.17, 15) is 14.4 Å². The topological polar surface area (TPSA) is 96.0 Å². The van der Waals surface area contributed by atoms with Gasteiger partial charge in [0.15, 0.2) is 0 Å². The van der Waals surface area contributed by atoms with Crippen LogP contribution in [0.5, 0.6) is 0 Å². The number of aromatic nitrogens is 2. The Morgan fingerprint density at radius 2 is 1.69 bits per heavy atom. The highest BCUT2D eigenvalue weighted by Gasteiger charge is 2.10. The number of H-pyrrole nitrogens is 1. The monoisotopic (exact) mass is 400 g/mol. The van der Waals surface area contributed by atoms with E-state index in [4.69, 9.17) is 0 Å². The first-order chi connectivity index (χ1) is 14.0. The van der Waals surface area contributed by atoms with E-state index < -0.39 is 11.2 Å². The molecule has 1 aromatic heterocycles. The molecule has 0 radical (unpaired) electrons. The summed E-state index contributed by atoms with van der Waals surface area (Å²) in [4.78, 5) is 38.0. The van der Waals surface area contributed by atoms with E-state index >= 15 is 0 Å². The smallest absolute Gasteiger partial charge is 0.330 e. The van der Waals surface area contributed by atoms with Crippen LogP contribution in [0.3, 0.4) is 0 Å². The number of aryl methyl sites for hydroxylation is 1. The molecule has 158 valence electrons. The van der Waals surface area contributed by atoms with Crippen LogP contribution in [0.25, 0.3) is 0 Å². The molecule has 1 heterocycles. The normalized spacial score (nSPS) is 10.7. The summed E-state index contributed by atoms with van der Waals surface area (Å²) in [5.41, 5.74) is 0.887. The Bertz CT molecular complexity index is 884. The Balaban J connectivity index is 2.01. The molecule has 0 atom stereocenters. The number of carbonyl (C=O) groups excluding carboxylic acids is 1. The fourth-order valence-corrected chi connectivity index (χ4v) is 3.19. The number of hydrogen-bond donors (Lipinski definition) is 3. The summed E-state index contributed by atoms with van der Waals surface area (Å²) in [6.45, 7) is 4.33. The lowest BCUT2D eigenvalue weighted by Gasteiger charge is -2.14. The first kappa shape index (κ1) is 22.5. The van der Waals surface area contributed by atoms with Gasteiger partial charge in [0, 0.05) is 18.3 Å². The Morgan fingerprint density at radius 3 is 2.38 bits per heavy atom. The second-order valence-electron chi connectivity index (χ2n) is 7.20. The molecule has 29 heavy (non-hydrogen) atoms. The number of likely N-dealkylation sites (N-methyl/N-ethyl adjacent to an activating group) is 1. The van der Waals surface area contributed by atoms with E-state index in [2.05, 4.69) is 22.5 Å². The Hall–Kier alpha value is -2.83. The predicted octanol–water partition coefficient (Wildman–Crippen LogP) is 3.32. The molecule has 7 heteroatoms. The Kier molecular flexibility index (Phi) is 9.21. The summed E-state index contributed by atoms with van der Waals surface area (Å²) >= 11 is 0. The fourth-order valence-electron chi connectivity index (χ4n) is 3.19. The minimum Gasteiger partial charge on any atom is -0.355 e. The first-order valence-electron chi connectivity index (χ1n) is 10.5. The summed E-state index contributed by atoms with van der Waals surface area (Å²) in [5.74, 6) is -0.00680. The zero-order valence-electron chi connectivity index (χ0n) is 17.4. The third kappa shape index (κ3) is 7.60. The van der Waals surface area contributed by atoms with Crippen LogP contribution in [0.15, 0.2) is 39.9 Å². The lowest BCUT2D eigenvalue weighted by Crippen LogP contribution is -2.36. The molecule has 2 rings (SSSR count). The average molecular weight is 401 g/mol. The van der Waals surface area contributed by atoms with Gasteiger partial charge in [-0.05, 0) is 37.5 Å². The summed E-state index contributed by atoms with van der Waals surface area (Å²) in [6, 6.07) is 9.23. The summed E-state index contributed by atoms with van der Waals surface area (Å²) in [5, 5.41) is 5.73. The SMILES string of the molecule is CCCCCCCCc1ccc(Nc2cc(=O)[nH]c(=O)n2CC(=O)NCC)cc1. The molecule has 0 fully saturated rings. The number of nitrogens with one attached hydrogen (secondary N) is 3. The third-order valence-corrected chi connectivity index (χ3v) is 4.75. The molecule has 1 aromatic carbocycles. The van der Waals surface area contributed by atoms with Gasteiger partial charge in [-0.2, -0.15) is 0 Å². The largest absolute Gasteiger partial charge is 0.355 e. The van der Waals surface area contributed by atoms with Crippen molar-refractivity contribution in [2.75, 3.05) is 11.9 Å². The van der Waals surface area contributed by atoms with Gasteiger partial charge in [0.2, 0.25) is 5.91 Å². The number of amides is 1. The van der Waals surface area contributed by atoms with Crippen LogP contribution in [0.4, 0.5) is 11.5 Å². The second-order valence-corrected chi connectivity index (χ2v) is 7.20. The predicted molar refractivity (Wildman–Crippen MR) is 117 cm³/mol. The van der Waals surface area contributed by atoms with Crippen LogP contribution < -0.4 is 21.9 Å². The van der Waals surface area contributed by atoms with Crippen molar-refractivity contribution in [3.8, 4) is 0 Å². The maximum absolute atomic E-state index is 12.1. The summed E-state index contributed by atoms with van der Waals surface area (Å²) in [7, 11) is 0. The molecule has 0 unspecified atom stereocenters. The highest BCUT2D eigenvalue weighted by atomic mass is 16.2. The van der Waals surface area contributed by atoms with Gasteiger partial charge < -0.3 is 10.6 Å². The lowest BCUT2D eigenvalue weighted by atomic mass is 10.0. The second kappa shape index (κ2) is 11.9. The molecule has 7 nitrogen and oxygen atoms in total. The van der Waals surface area contributed by atoms with Gasteiger partial charge in [-0.1, -0.05) is 51.2 Å². The van der Waals surface area contributed by atoms with Crippen molar-refractivity contribution in [3.05, 3.63) is 56.7 Å². The Morgan fingerprint density at radius 1 is 1.00 bits per heavy atom. The van der Waals surface area contributed by atoms with Crippen molar-refractivity contribution in [2.45, 2.75) is 65.3 Å². The van der Waals surface area contributed by atoms with Crippen LogP contribution in [0.1, 0.15) is 57.9 Å². The highest BCUT2D eigenvalue weighted by Crippen LogP contribution is 2.17. The molecule has 0 aliphatic heterocycles. The van der Waals surface area contributed by atoms with Crippen molar-refractivity contribution >= 4 is 17.4 Å². The van der Waals surface area contributed by atoms with Gasteiger partial charge in [-0.25, -0.2) is 4.79 Å². The van der Waals surface area contributed by atoms with E-state index in [-0.39, 0.29) is 18.3 Å². The summed E-state index contributed by atoms with van der Waals surface area (Å²) in [6.07, 6.45) is 8.65. The number of nitrogens with zero attached hydrogens (tertiary/aromatic N) is 1. The highest BCUT2D eigenvalue weighted by molar-refractivity contribution is 5.76. The molecular formula is C22H32N4O3. The number of carbonyl (C=O) groups is 1. The molecule has 0 spiro atoms. The molecule has 0 aliphatic rings. The standard InChI is InChI=1S/C22H32N4O3/c1-3-5-6-7-8-9-10-17-11-13-18(14-12-17)24-19-15-20(27)25-22(29)26(19)16-21(28)23-4-2/h11-15,24H,3-10,16H2,1-2H3,(H,23,28)(H,25,27,29). The van der Waals surface area contributed by atoms with Gasteiger partial charge in [-0.15, -0.1) is 0 Å². The van der Waals surface area contributed by atoms with Crippen molar-refractivity contribution in [2.24, 2.45) is 0 Å². The average Bonchev–Trinajstić information content (AvgIpc) is 2.69. The molecule has 1 amide bonds. The van der Waals surface area contributed by atoms with Crippen molar-refractivity contribution in [1.82, 2.24) is 14.9 Å². The van der Waals surface area contributed by atoms with E-state index in [0.29, 0.717) is 6.54 Å². The molecule has 0 saturated heterocycles. The van der Waals surface area contributed by atoms with Crippen LogP contribution >= 0.6 is 0 Å². The van der Waals surface area contributed by atoms with Gasteiger partial charge in [-0.3, -0.25) is 19.1 Å². The lowest BCUT2D eigenvalue weighted by molar-refractivity contribution is -0.121. The molecule has 0 saturated carbocycles. The van der Waals surface area contributed by atoms with E-state index in [1.165, 1.54) is 54.7 Å². The zero-order valence-corrected chi connectivity index (χ0v) is 17.4. The van der Waals surface area contributed by atoms with Crippen molar-refractivity contribution < 1.29 is 4.79 Å². The van der Waals surface area contributed by atoms with Crippen LogP contribution in [-0.2, 0) is 17.8 Å². The first-order valence-corrected chi connectivity index (χ1v) is 10.5. The van der Waals surface area contributed by atoms with Crippen LogP contribution in [-0.4, -0.2) is 22.0 Å². The maximum atomic E-state index is 12.1. The minimum absolute atomic E-state index is 0.165. The number of aromatic amines is 1. The Labute approximate surface area is 171 Å². The van der Waals surface area contributed by atoms with Crippen molar-refractivity contribution in [3.63, 3.8) is 0 Å². The maximum Gasteiger partial charge on any atom is 0.330 e. The number of unbranched alkanes of at least 4 members (excludes halogenated alkanes) is 5. The number of anilines is 2. The van der Waals surface area contributed by atoms with Crippen LogP contribution in [0.2, 0.25) is 0 Å². The number of hydrogen-bond acceptors (Lipinski definition) is 4. The summed E-state index contributed by atoms with van der Waals surface area (Å²) < 4.78 is 1.22. The van der Waals surface area contributed by atoms with E-state index in [0.717, 1.165) is 12.1 Å². The van der Waals surface area contributed by atoms with Crippen LogP contribution in [0, 0.1) is 0 Å². The molecule has 0 aliphatic carbocycles. The van der Waals surface area contributed by atoms with Gasteiger partial charge in [0.25, 0.3) is 5.56 Å². The molecule has 0 bridgehead atoms. The van der Waals surface area contributed by atoms with E-state index in [1.54, 1.807) is 6.92 Å². The third-order valence-electron chi connectivity index (χ3n) is 4.75. The van der Waals surface area contributed by atoms with Gasteiger partial charge in [0.1, 0.15) is 12.4 Å². The molecular weight excluding hydrogens is 368 g/mol. The van der Waals surface area contributed by atoms with Crippen molar-refractivity contribution in [1.29, 1.82) is 0 Å². The molecule has 3 N–H and O–H groups in total.